The molecule has 0 aliphatic carbocycles. The van der Waals surface area contributed by atoms with Crippen molar-refractivity contribution in [3.05, 3.63) is 60.2 Å². The van der Waals surface area contributed by atoms with E-state index in [1.54, 1.807) is 18.6 Å². The predicted octanol–water partition coefficient (Wildman–Crippen LogP) is 5.65. The van der Waals surface area contributed by atoms with Crippen molar-refractivity contribution in [2.45, 2.75) is 74.8 Å². The van der Waals surface area contributed by atoms with Gasteiger partial charge in [-0.2, -0.15) is 0 Å². The molecule has 1 amide bonds. The van der Waals surface area contributed by atoms with Gasteiger partial charge in [-0.25, -0.2) is 0 Å². The topological polar surface area (TPSA) is 54.9 Å². The monoisotopic (exact) mass is 450 g/mol. The molecule has 1 aromatic carbocycles. The number of nitrogens with zero attached hydrogens (tertiary/aromatic N) is 2. The molecular formula is C22H39N3OY. The summed E-state index contributed by atoms with van der Waals surface area (Å²) in [7, 11) is 0. The van der Waals surface area contributed by atoms with Crippen molar-refractivity contribution in [1.82, 2.24) is 15.3 Å². The van der Waals surface area contributed by atoms with E-state index in [9.17, 15) is 4.79 Å². The number of carbonyl (C=O) groups excluding carboxylic acids is 1. The summed E-state index contributed by atoms with van der Waals surface area (Å²) in [6.07, 6.45) is 6.05. The zero-order valence-electron chi connectivity index (χ0n) is 15.1. The van der Waals surface area contributed by atoms with Crippen molar-refractivity contribution < 1.29 is 37.5 Å². The first-order valence-electron chi connectivity index (χ1n) is 8.08. The first-order chi connectivity index (χ1) is 11.0. The minimum absolute atomic E-state index is 0. The van der Waals surface area contributed by atoms with Crippen LogP contribution in [0.5, 0.6) is 0 Å². The molecule has 1 radical (unpaired) electrons. The minimum Gasteiger partial charge on any atom is -0.354 e. The number of aryl methyl sites for hydroxylation is 1. The van der Waals surface area contributed by atoms with Crippen molar-refractivity contribution in [3.63, 3.8) is 0 Å². The molecule has 0 spiro atoms. The van der Waals surface area contributed by atoms with Crippen molar-refractivity contribution in [2.75, 3.05) is 0 Å². The standard InChI is InChI=1S/C10H15N3O.C9H12.3CH4.Y/c1-8(2)13-10(14)4-3-9-7-11-5-6-12-9;1-8(2)9-6-4-3-5-7-9;;;;/h5-8H,3-4H2,1-2H3,(H,13,14);3-8H,1-2H3;3*1H4;. The fourth-order valence-electron chi connectivity index (χ4n) is 1.93. The van der Waals surface area contributed by atoms with Gasteiger partial charge in [0.1, 0.15) is 0 Å². The molecule has 1 heterocycles. The van der Waals surface area contributed by atoms with Crippen LogP contribution in [0.15, 0.2) is 48.9 Å². The fraction of sp³-hybridized carbons (Fsp3) is 0.500. The van der Waals surface area contributed by atoms with Gasteiger partial charge in [0.2, 0.25) is 5.91 Å². The van der Waals surface area contributed by atoms with Crippen molar-refractivity contribution in [1.29, 1.82) is 0 Å². The van der Waals surface area contributed by atoms with Crippen molar-refractivity contribution in [2.24, 2.45) is 0 Å². The van der Waals surface area contributed by atoms with Crippen LogP contribution in [-0.2, 0) is 43.9 Å². The molecule has 0 bridgehead atoms. The molecule has 0 saturated heterocycles. The summed E-state index contributed by atoms with van der Waals surface area (Å²) in [5.41, 5.74) is 2.27. The Balaban J connectivity index is -0.000000181. The molecule has 5 heteroatoms. The molecule has 2 rings (SSSR count). The van der Waals surface area contributed by atoms with E-state index >= 15 is 0 Å². The van der Waals surface area contributed by atoms with Gasteiger partial charge in [-0.15, -0.1) is 0 Å². The second-order valence-electron chi connectivity index (χ2n) is 5.98. The summed E-state index contributed by atoms with van der Waals surface area (Å²) in [6.45, 7) is 8.30. The molecule has 151 valence electrons. The smallest absolute Gasteiger partial charge is 0.220 e. The number of hydrogen-bond acceptors (Lipinski definition) is 3. The minimum atomic E-state index is 0. The molecule has 0 unspecified atom stereocenters. The van der Waals surface area contributed by atoms with Crippen molar-refractivity contribution >= 4 is 5.91 Å². The quantitative estimate of drug-likeness (QED) is 0.641. The Morgan fingerprint density at radius 1 is 1.00 bits per heavy atom. The summed E-state index contributed by atoms with van der Waals surface area (Å²) >= 11 is 0. The molecule has 0 fully saturated rings. The Morgan fingerprint density at radius 2 is 1.59 bits per heavy atom. The van der Waals surface area contributed by atoms with Crippen molar-refractivity contribution in [3.8, 4) is 0 Å². The van der Waals surface area contributed by atoms with E-state index in [-0.39, 0.29) is 66.9 Å². The number of nitrogens with one attached hydrogen (secondary N) is 1. The number of hydrogen-bond donors (Lipinski definition) is 1. The largest absolute Gasteiger partial charge is 0.354 e. The van der Waals surface area contributed by atoms with Gasteiger partial charge in [0, 0.05) is 63.8 Å². The van der Waals surface area contributed by atoms with E-state index in [1.165, 1.54) is 5.56 Å². The summed E-state index contributed by atoms with van der Waals surface area (Å²) in [5, 5.41) is 2.83. The molecule has 2 aromatic rings. The van der Waals surface area contributed by atoms with Crippen LogP contribution in [0.1, 0.15) is 73.6 Å². The average Bonchev–Trinajstić information content (AvgIpc) is 2.55. The van der Waals surface area contributed by atoms with Crippen LogP contribution in [-0.4, -0.2) is 21.9 Å². The Hall–Kier alpha value is -1.13. The Bertz CT molecular complexity index is 560. The molecular weight excluding hydrogens is 411 g/mol. The number of carbonyl (C=O) groups is 1. The van der Waals surface area contributed by atoms with Crippen LogP contribution >= 0.6 is 0 Å². The average molecular weight is 450 g/mol. The van der Waals surface area contributed by atoms with Crippen LogP contribution in [0.4, 0.5) is 0 Å². The predicted molar refractivity (Wildman–Crippen MR) is 114 cm³/mol. The Kier molecular flexibility index (Phi) is 24.3. The van der Waals surface area contributed by atoms with E-state index in [0.717, 1.165) is 5.69 Å². The second-order valence-corrected chi connectivity index (χ2v) is 5.98. The van der Waals surface area contributed by atoms with Gasteiger partial charge < -0.3 is 5.32 Å². The maximum atomic E-state index is 11.3. The third-order valence-corrected chi connectivity index (χ3v) is 3.14. The Labute approximate surface area is 192 Å². The first kappa shape index (κ1) is 33.5. The summed E-state index contributed by atoms with van der Waals surface area (Å²) in [4.78, 5) is 19.3. The summed E-state index contributed by atoms with van der Waals surface area (Å²) in [5.74, 6) is 0.719. The van der Waals surface area contributed by atoms with E-state index in [4.69, 9.17) is 0 Å². The molecule has 0 aliphatic heterocycles. The number of amides is 1. The molecule has 1 N–H and O–H groups in total. The number of benzene rings is 1. The summed E-state index contributed by atoms with van der Waals surface area (Å²) < 4.78 is 0. The van der Waals surface area contributed by atoms with E-state index in [0.29, 0.717) is 18.8 Å². The van der Waals surface area contributed by atoms with Gasteiger partial charge in [0.25, 0.3) is 0 Å². The van der Waals surface area contributed by atoms with Crippen LogP contribution in [0.25, 0.3) is 0 Å². The zero-order valence-corrected chi connectivity index (χ0v) is 17.9. The SMILES string of the molecule is C.C.C.CC(C)NC(=O)CCc1cnccn1.CC(C)c1ccccc1.[Y]. The van der Waals surface area contributed by atoms with E-state index in [1.807, 2.05) is 19.9 Å². The van der Waals surface area contributed by atoms with E-state index < -0.39 is 0 Å². The van der Waals surface area contributed by atoms with E-state index in [2.05, 4.69) is 53.4 Å². The second kappa shape index (κ2) is 19.6. The first-order valence-corrected chi connectivity index (χ1v) is 8.08. The molecule has 4 nitrogen and oxygen atoms in total. The Morgan fingerprint density at radius 3 is 2.00 bits per heavy atom. The van der Waals surface area contributed by atoms with Gasteiger partial charge in [-0.05, 0) is 31.7 Å². The maximum absolute atomic E-state index is 11.3. The van der Waals surface area contributed by atoms with Gasteiger partial charge in [0.05, 0.1) is 5.69 Å². The normalized spacial score (nSPS) is 8.67. The third kappa shape index (κ3) is 16.8. The third-order valence-electron chi connectivity index (χ3n) is 3.14. The van der Waals surface area contributed by atoms with Crippen LogP contribution in [0, 0.1) is 0 Å². The fourth-order valence-corrected chi connectivity index (χ4v) is 1.93. The van der Waals surface area contributed by atoms with Gasteiger partial charge in [-0.3, -0.25) is 14.8 Å². The van der Waals surface area contributed by atoms with Crippen LogP contribution in [0.2, 0.25) is 0 Å². The molecule has 1 aromatic heterocycles. The maximum Gasteiger partial charge on any atom is 0.220 e. The number of aromatic nitrogens is 2. The molecule has 0 aliphatic rings. The molecule has 0 atom stereocenters. The van der Waals surface area contributed by atoms with Gasteiger partial charge >= 0.3 is 0 Å². The summed E-state index contributed by atoms with van der Waals surface area (Å²) in [6, 6.07) is 10.7. The zero-order chi connectivity index (χ0) is 17.1. The molecule has 0 saturated carbocycles. The van der Waals surface area contributed by atoms with Gasteiger partial charge in [-0.1, -0.05) is 66.5 Å². The number of rotatable bonds is 5. The van der Waals surface area contributed by atoms with Crippen LogP contribution in [0.3, 0.4) is 0 Å². The molecule has 27 heavy (non-hydrogen) atoms. The van der Waals surface area contributed by atoms with Gasteiger partial charge in [0.15, 0.2) is 0 Å². The van der Waals surface area contributed by atoms with Crippen LogP contribution < -0.4 is 5.32 Å².